The summed E-state index contributed by atoms with van der Waals surface area (Å²) < 4.78 is 0. The zero-order chi connectivity index (χ0) is 13.8. The number of benzene rings is 1. The van der Waals surface area contributed by atoms with Crippen LogP contribution in [0.25, 0.3) is 0 Å². The van der Waals surface area contributed by atoms with Crippen LogP contribution in [-0.4, -0.2) is 29.9 Å². The molecule has 1 fully saturated rings. The summed E-state index contributed by atoms with van der Waals surface area (Å²) in [7, 11) is 0. The molecule has 4 heteroatoms. The Morgan fingerprint density at radius 2 is 2.26 bits per heavy atom. The molecular formula is C15H21ClN2O. The number of halogens is 1. The quantitative estimate of drug-likeness (QED) is 0.921. The van der Waals surface area contributed by atoms with E-state index in [0.717, 1.165) is 36.4 Å². The fourth-order valence-electron chi connectivity index (χ4n) is 2.64. The van der Waals surface area contributed by atoms with Gasteiger partial charge in [0.2, 0.25) is 5.91 Å². The minimum Gasteiger partial charge on any atom is -0.339 e. The van der Waals surface area contributed by atoms with Crippen LogP contribution in [0.5, 0.6) is 0 Å². The van der Waals surface area contributed by atoms with Gasteiger partial charge in [-0.2, -0.15) is 0 Å². The van der Waals surface area contributed by atoms with Gasteiger partial charge in [0, 0.05) is 30.1 Å². The average Bonchev–Trinajstić information content (AvgIpc) is 2.87. The molecule has 2 unspecified atom stereocenters. The number of rotatable bonds is 4. The molecule has 1 aliphatic rings. The molecule has 1 heterocycles. The van der Waals surface area contributed by atoms with Crippen molar-refractivity contribution in [3.8, 4) is 0 Å². The van der Waals surface area contributed by atoms with Crippen molar-refractivity contribution in [1.29, 1.82) is 0 Å². The van der Waals surface area contributed by atoms with Gasteiger partial charge in [0.15, 0.2) is 0 Å². The van der Waals surface area contributed by atoms with Crippen molar-refractivity contribution in [1.82, 2.24) is 4.90 Å². The molecule has 104 valence electrons. The molecule has 1 aromatic carbocycles. The van der Waals surface area contributed by atoms with E-state index in [1.165, 1.54) is 0 Å². The predicted molar refractivity (Wildman–Crippen MR) is 78.1 cm³/mol. The number of nitrogens with two attached hydrogens (primary N) is 1. The molecule has 2 rings (SSSR count). The summed E-state index contributed by atoms with van der Waals surface area (Å²) in [5.41, 5.74) is 6.71. The third-order valence-corrected chi connectivity index (χ3v) is 4.22. The maximum atomic E-state index is 12.3. The summed E-state index contributed by atoms with van der Waals surface area (Å²) in [4.78, 5) is 14.3. The van der Waals surface area contributed by atoms with Crippen LogP contribution in [0.4, 0.5) is 0 Å². The number of amides is 1. The van der Waals surface area contributed by atoms with E-state index in [0.29, 0.717) is 6.54 Å². The Kier molecular flexibility index (Phi) is 4.83. The summed E-state index contributed by atoms with van der Waals surface area (Å²) in [6.07, 6.45) is 2.95. The molecule has 1 saturated heterocycles. The smallest absolute Gasteiger partial charge is 0.226 e. The van der Waals surface area contributed by atoms with Gasteiger partial charge in [0.05, 0.1) is 0 Å². The van der Waals surface area contributed by atoms with E-state index in [1.54, 1.807) is 0 Å². The minimum absolute atomic E-state index is 0.0909. The second kappa shape index (κ2) is 6.40. The highest BCUT2D eigenvalue weighted by molar-refractivity contribution is 6.31. The van der Waals surface area contributed by atoms with Gasteiger partial charge in [-0.15, -0.1) is 0 Å². The molecule has 0 radical (unpaired) electrons. The van der Waals surface area contributed by atoms with Gasteiger partial charge in [-0.1, -0.05) is 36.7 Å². The Labute approximate surface area is 119 Å². The lowest BCUT2D eigenvalue weighted by atomic mass is 10.0. The lowest BCUT2D eigenvalue weighted by Crippen LogP contribution is -2.41. The molecule has 1 amide bonds. The monoisotopic (exact) mass is 280 g/mol. The van der Waals surface area contributed by atoms with Crippen LogP contribution in [0.1, 0.15) is 25.3 Å². The van der Waals surface area contributed by atoms with Gasteiger partial charge < -0.3 is 10.6 Å². The van der Waals surface area contributed by atoms with Crippen LogP contribution in [0.15, 0.2) is 24.3 Å². The van der Waals surface area contributed by atoms with Crippen LogP contribution >= 0.6 is 11.6 Å². The second-order valence-electron chi connectivity index (χ2n) is 5.26. The van der Waals surface area contributed by atoms with E-state index in [2.05, 4.69) is 0 Å². The summed E-state index contributed by atoms with van der Waals surface area (Å²) in [6.45, 7) is 3.15. The third-order valence-electron chi connectivity index (χ3n) is 3.85. The zero-order valence-corrected chi connectivity index (χ0v) is 12.1. The summed E-state index contributed by atoms with van der Waals surface area (Å²) >= 11 is 6.20. The van der Waals surface area contributed by atoms with Gasteiger partial charge in [-0.25, -0.2) is 0 Å². The molecule has 1 aromatic rings. The number of carbonyl (C=O) groups excluding carboxylic acids is 1. The number of hydrogen-bond donors (Lipinski definition) is 1. The van der Waals surface area contributed by atoms with Gasteiger partial charge in [0.25, 0.3) is 0 Å². The largest absolute Gasteiger partial charge is 0.339 e. The first-order valence-electron chi connectivity index (χ1n) is 6.87. The molecule has 19 heavy (non-hydrogen) atoms. The first-order valence-corrected chi connectivity index (χ1v) is 7.25. The Morgan fingerprint density at radius 1 is 1.53 bits per heavy atom. The van der Waals surface area contributed by atoms with Crippen molar-refractivity contribution in [2.45, 2.75) is 32.2 Å². The molecule has 0 aromatic heterocycles. The van der Waals surface area contributed by atoms with Crippen molar-refractivity contribution in [3.63, 3.8) is 0 Å². The van der Waals surface area contributed by atoms with Crippen molar-refractivity contribution >= 4 is 17.5 Å². The highest BCUT2D eigenvalue weighted by Crippen LogP contribution is 2.25. The van der Waals surface area contributed by atoms with E-state index in [4.69, 9.17) is 17.3 Å². The van der Waals surface area contributed by atoms with Gasteiger partial charge >= 0.3 is 0 Å². The van der Waals surface area contributed by atoms with Gasteiger partial charge in [0.1, 0.15) is 0 Å². The maximum Gasteiger partial charge on any atom is 0.226 e. The fraction of sp³-hybridized carbons (Fsp3) is 0.533. The summed E-state index contributed by atoms with van der Waals surface area (Å²) in [5, 5.41) is 0.786. The van der Waals surface area contributed by atoms with Crippen molar-refractivity contribution in [3.05, 3.63) is 34.9 Å². The normalized spacial score (nSPS) is 20.6. The molecule has 2 N–H and O–H groups in total. The van der Waals surface area contributed by atoms with Crippen molar-refractivity contribution in [2.75, 3.05) is 13.1 Å². The first-order chi connectivity index (χ1) is 9.13. The van der Waals surface area contributed by atoms with E-state index in [9.17, 15) is 4.79 Å². The fourth-order valence-corrected chi connectivity index (χ4v) is 2.85. The second-order valence-corrected chi connectivity index (χ2v) is 5.67. The van der Waals surface area contributed by atoms with E-state index >= 15 is 0 Å². The SMILES string of the molecule is CC(CN)C(=O)N1CCCC1Cc1ccccc1Cl. The molecule has 1 aliphatic heterocycles. The number of likely N-dealkylation sites (tertiary alicyclic amines) is 1. The molecule has 0 spiro atoms. The Bertz CT molecular complexity index is 450. The summed E-state index contributed by atoms with van der Waals surface area (Å²) in [6, 6.07) is 8.13. The molecule has 0 bridgehead atoms. The number of nitrogens with zero attached hydrogens (tertiary/aromatic N) is 1. The van der Waals surface area contributed by atoms with Crippen molar-refractivity contribution in [2.24, 2.45) is 11.7 Å². The third kappa shape index (κ3) is 3.28. The predicted octanol–water partition coefficient (Wildman–Crippen LogP) is 2.47. The highest BCUT2D eigenvalue weighted by atomic mass is 35.5. The Balaban J connectivity index is 2.07. The van der Waals surface area contributed by atoms with Crippen molar-refractivity contribution < 1.29 is 4.79 Å². The average molecular weight is 281 g/mol. The molecule has 2 atom stereocenters. The molecule has 3 nitrogen and oxygen atoms in total. The van der Waals surface area contributed by atoms with Crippen LogP contribution in [0.3, 0.4) is 0 Å². The highest BCUT2D eigenvalue weighted by Gasteiger charge is 2.31. The maximum absolute atomic E-state index is 12.3. The summed E-state index contributed by atoms with van der Waals surface area (Å²) in [5.74, 6) is 0.0869. The molecule has 0 saturated carbocycles. The minimum atomic E-state index is -0.0909. The Morgan fingerprint density at radius 3 is 2.95 bits per heavy atom. The Hall–Kier alpha value is -1.06. The standard InChI is InChI=1S/C15H21ClN2O/c1-11(10-17)15(19)18-8-4-6-13(18)9-12-5-2-3-7-14(12)16/h2-3,5,7,11,13H,4,6,8-10,17H2,1H3. The molecular weight excluding hydrogens is 260 g/mol. The number of hydrogen-bond acceptors (Lipinski definition) is 2. The lowest BCUT2D eigenvalue weighted by molar-refractivity contribution is -0.135. The van der Waals surface area contributed by atoms with E-state index in [1.807, 2.05) is 36.1 Å². The van der Waals surface area contributed by atoms with Crippen LogP contribution in [0.2, 0.25) is 5.02 Å². The van der Waals surface area contributed by atoms with Crippen LogP contribution in [-0.2, 0) is 11.2 Å². The van der Waals surface area contributed by atoms with Crippen LogP contribution in [0, 0.1) is 5.92 Å². The van der Waals surface area contributed by atoms with E-state index < -0.39 is 0 Å². The van der Waals surface area contributed by atoms with Gasteiger partial charge in [-0.3, -0.25) is 4.79 Å². The number of carbonyl (C=O) groups is 1. The van der Waals surface area contributed by atoms with Crippen LogP contribution < -0.4 is 5.73 Å². The van der Waals surface area contributed by atoms with E-state index in [-0.39, 0.29) is 17.9 Å². The lowest BCUT2D eigenvalue weighted by Gasteiger charge is -2.27. The molecule has 0 aliphatic carbocycles. The zero-order valence-electron chi connectivity index (χ0n) is 11.3. The van der Waals surface area contributed by atoms with Gasteiger partial charge in [-0.05, 0) is 30.9 Å². The first kappa shape index (κ1) is 14.4. The topological polar surface area (TPSA) is 46.3 Å².